The molecule has 0 saturated carbocycles. The van der Waals surface area contributed by atoms with Gasteiger partial charge in [0.05, 0.1) is 0 Å². The van der Waals surface area contributed by atoms with Crippen LogP contribution in [-0.4, -0.2) is 113 Å². The minimum Gasteiger partial charge on any atom is -0.894 e. The third-order valence-corrected chi connectivity index (χ3v) is 0. The second kappa shape index (κ2) is 13.5. The molecular weight excluding hydrogens is 404 g/mol. The van der Waals surface area contributed by atoms with Crippen molar-refractivity contribution in [3.05, 3.63) is 0 Å². The molecule has 0 fully saturated rings. The van der Waals surface area contributed by atoms with Crippen molar-refractivity contribution in [3.63, 3.8) is 0 Å². The standard InChI is InChI=1S/4H4NO4.O4Si/c4*2-1(3,4)5;1-5(2,3)4/h4*2-5H;/q4*+1;-4. The van der Waals surface area contributed by atoms with Gasteiger partial charge in [-0.1, -0.05) is 0 Å². The maximum absolute atomic E-state index is 8.58. The van der Waals surface area contributed by atoms with Crippen LogP contribution >= 0.6 is 0 Å². The first-order chi connectivity index (χ1) is 10.0. The molecule has 0 spiro atoms. The Morgan fingerprint density at radius 2 is 0.320 bits per heavy atom. The van der Waals surface area contributed by atoms with Gasteiger partial charge in [0.2, 0.25) is 20.5 Å². The van der Waals surface area contributed by atoms with Crippen LogP contribution in [0.2, 0.25) is 0 Å². The summed E-state index contributed by atoms with van der Waals surface area (Å²) in [6.45, 7) is 0. The van der Waals surface area contributed by atoms with Crippen LogP contribution in [0, 0.1) is 0 Å². The zero-order valence-electron chi connectivity index (χ0n) is 11.1. The minimum atomic E-state index is -5.61. The van der Waals surface area contributed by atoms with E-state index in [0.717, 1.165) is 0 Å². The maximum atomic E-state index is 8.58. The molecule has 0 saturated heterocycles. The SMILES string of the molecule is O[N+](O)(O)O.O[N+](O)(O)O.O[N+](O)(O)O.O[N+](O)(O)O.[O-][Si]([O-])([O-])[O-]. The van der Waals surface area contributed by atoms with Gasteiger partial charge in [-0.2, -0.15) is 0 Å². The zero-order valence-corrected chi connectivity index (χ0v) is 12.1. The van der Waals surface area contributed by atoms with Gasteiger partial charge in [0.25, 0.3) is 0 Å². The Kier molecular flexibility index (Phi) is 19.0. The highest BCUT2D eigenvalue weighted by atomic mass is 28.4. The third kappa shape index (κ3) is 19000. The lowest BCUT2D eigenvalue weighted by molar-refractivity contribution is -1.48. The van der Waals surface area contributed by atoms with Crippen LogP contribution in [0.15, 0.2) is 0 Å². The molecule has 25 heavy (non-hydrogen) atoms. The molecule has 25 heteroatoms. The molecule has 0 unspecified atom stereocenters. The maximum Gasteiger partial charge on any atom is 0.237 e. The van der Waals surface area contributed by atoms with Crippen LogP contribution in [0.25, 0.3) is 0 Å². The van der Waals surface area contributed by atoms with Crippen LogP contribution in [0.4, 0.5) is 0 Å². The summed E-state index contributed by atoms with van der Waals surface area (Å²) in [5.74, 6) is 0. The molecule has 0 amide bonds. The van der Waals surface area contributed by atoms with E-state index in [1.165, 1.54) is 0 Å². The second-order valence-corrected chi connectivity index (χ2v) is 3.65. The van der Waals surface area contributed by atoms with E-state index in [1.807, 2.05) is 0 Å². The van der Waals surface area contributed by atoms with Gasteiger partial charge < -0.3 is 28.2 Å². The Labute approximate surface area is 133 Å². The molecule has 0 aromatic carbocycles. The number of hydrogen-bond acceptors (Lipinski definition) is 20. The fourth-order valence-electron chi connectivity index (χ4n) is 0. The first kappa shape index (κ1) is 35.4. The quantitative estimate of drug-likeness (QED) is 0.0981. The van der Waals surface area contributed by atoms with E-state index < -0.39 is 29.6 Å². The van der Waals surface area contributed by atoms with Crippen LogP contribution in [0.5, 0.6) is 0 Å². The predicted octanol–water partition coefficient (Wildman–Crippen LogP) is -7.70. The molecular formula is H16N4O20Si. The molecule has 0 aliphatic rings. The molecule has 0 aliphatic heterocycles. The van der Waals surface area contributed by atoms with Crippen molar-refractivity contribution in [2.75, 3.05) is 0 Å². The average Bonchev–Trinajstić information content (AvgIpc) is 1.79. The van der Waals surface area contributed by atoms with Crippen molar-refractivity contribution in [3.8, 4) is 0 Å². The normalized spacial score (nSPS) is 12.0. The third-order valence-electron chi connectivity index (χ3n) is 0. The van der Waals surface area contributed by atoms with Crippen molar-refractivity contribution < 1.29 is 123 Å². The highest BCUT2D eigenvalue weighted by molar-refractivity contribution is 6.38. The van der Waals surface area contributed by atoms with Gasteiger partial charge in [-0.3, -0.25) is 0 Å². The molecule has 160 valence electrons. The largest absolute Gasteiger partial charge is 0.894 e. The lowest BCUT2D eigenvalue weighted by Gasteiger charge is -2.67. The molecule has 0 bridgehead atoms. The Morgan fingerprint density at radius 1 is 0.320 bits per heavy atom. The minimum absolute atomic E-state index is 3.00. The molecule has 0 radical (unpaired) electrons. The molecule has 0 aromatic rings. The number of hydrogen-bond donors (Lipinski definition) is 16. The van der Waals surface area contributed by atoms with Crippen LogP contribution < -0.4 is 19.2 Å². The van der Waals surface area contributed by atoms with Crippen LogP contribution in [0.3, 0.4) is 0 Å². The summed E-state index contributed by atoms with van der Waals surface area (Å²) in [6.07, 6.45) is 0. The van der Waals surface area contributed by atoms with Crippen molar-refractivity contribution in [1.29, 1.82) is 0 Å². The number of nitrogens with zero attached hydrogens (tertiary/aromatic N) is 4. The first-order valence-corrected chi connectivity index (χ1v) is 5.65. The fraction of sp³-hybridized carbons (Fsp3) is 0. The Hall–Kier alpha value is -0.743. The Balaban J connectivity index is -0.0000000667. The lowest BCUT2D eigenvalue weighted by Crippen LogP contribution is -2.82. The van der Waals surface area contributed by atoms with E-state index in [1.54, 1.807) is 0 Å². The average molecular weight is 420 g/mol. The fourth-order valence-corrected chi connectivity index (χ4v) is 0. The Morgan fingerprint density at radius 3 is 0.320 bits per heavy atom. The van der Waals surface area contributed by atoms with Crippen molar-refractivity contribution in [2.45, 2.75) is 0 Å². The van der Waals surface area contributed by atoms with E-state index in [-0.39, 0.29) is 0 Å². The monoisotopic (exact) mass is 420 g/mol. The predicted molar refractivity (Wildman–Crippen MR) is 35.4 cm³/mol. The summed E-state index contributed by atoms with van der Waals surface area (Å²) >= 11 is 0. The van der Waals surface area contributed by atoms with Gasteiger partial charge in [-0.25, -0.2) is 0 Å². The summed E-state index contributed by atoms with van der Waals surface area (Å²) in [5, 5.41) is 102. The molecule has 16 N–H and O–H groups in total. The van der Waals surface area contributed by atoms with Crippen LogP contribution in [0.1, 0.15) is 0 Å². The second-order valence-electron chi connectivity index (χ2n) is 2.65. The van der Waals surface area contributed by atoms with Crippen molar-refractivity contribution in [2.24, 2.45) is 0 Å². The molecule has 0 atom stereocenters. The topological polar surface area (TPSA) is 416 Å². The molecule has 0 aromatic heterocycles. The van der Waals surface area contributed by atoms with Crippen molar-refractivity contribution >= 4 is 9.05 Å². The van der Waals surface area contributed by atoms with Gasteiger partial charge in [-0.05, 0) is 0 Å². The van der Waals surface area contributed by atoms with E-state index in [2.05, 4.69) is 0 Å². The lowest BCUT2D eigenvalue weighted by atomic mass is 12.8. The smallest absolute Gasteiger partial charge is 0.237 e. The molecule has 0 heterocycles. The molecule has 0 aliphatic carbocycles. The van der Waals surface area contributed by atoms with Gasteiger partial charge in [0.15, 0.2) is 0 Å². The summed E-state index contributed by atoms with van der Waals surface area (Å²) in [4.78, 5) is 34.3. The van der Waals surface area contributed by atoms with E-state index in [9.17, 15) is 0 Å². The zero-order chi connectivity index (χ0) is 22.5. The van der Waals surface area contributed by atoms with Gasteiger partial charge in [0, 0.05) is 0 Å². The highest BCUT2D eigenvalue weighted by Gasteiger charge is 2.09. The van der Waals surface area contributed by atoms with E-state index >= 15 is 0 Å². The Bertz CT molecular complexity index is 169. The molecule has 24 nitrogen and oxygen atoms in total. The number of quaternary nitrogens is 4. The summed E-state index contributed by atoms with van der Waals surface area (Å²) in [5.41, 5.74) is 0. The van der Waals surface area contributed by atoms with Crippen LogP contribution in [-0.2, 0) is 0 Å². The summed E-state index contributed by atoms with van der Waals surface area (Å²) in [6, 6.07) is 0. The summed E-state index contributed by atoms with van der Waals surface area (Å²) < 4.78 is 0. The summed E-state index contributed by atoms with van der Waals surface area (Å²) in [7, 11) is -5.61. The van der Waals surface area contributed by atoms with Crippen molar-refractivity contribution in [1.82, 2.24) is 0 Å². The van der Waals surface area contributed by atoms with Gasteiger partial charge in [-0.15, -0.1) is 83.3 Å². The highest BCUT2D eigenvalue weighted by Crippen LogP contribution is 1.70. The first-order valence-electron chi connectivity index (χ1n) is 4.02. The van der Waals surface area contributed by atoms with E-state index in [0.29, 0.717) is 0 Å². The number of rotatable bonds is 0. The van der Waals surface area contributed by atoms with Gasteiger partial charge in [0.1, 0.15) is 0 Å². The van der Waals surface area contributed by atoms with Gasteiger partial charge >= 0.3 is 0 Å². The molecule has 0 rings (SSSR count). The van der Waals surface area contributed by atoms with E-state index in [4.69, 9.17) is 102 Å².